The van der Waals surface area contributed by atoms with Crippen LogP contribution in [0.3, 0.4) is 0 Å². The second-order valence-corrected chi connectivity index (χ2v) is 3.54. The zero-order valence-electron chi connectivity index (χ0n) is 10.8. The Balaban J connectivity index is 3.35. The van der Waals surface area contributed by atoms with Crippen molar-refractivity contribution >= 4 is 11.8 Å². The quantitative estimate of drug-likeness (QED) is 0.462. The van der Waals surface area contributed by atoms with E-state index in [0.717, 1.165) is 14.2 Å². The molecule has 0 N–H and O–H groups in total. The number of hydrogen-bond acceptors (Lipinski definition) is 7. The molecule has 0 saturated heterocycles. The third kappa shape index (κ3) is 4.47. The minimum atomic E-state index is -5.05. The van der Waals surface area contributed by atoms with Crippen molar-refractivity contribution in [3.63, 3.8) is 0 Å². The summed E-state index contributed by atoms with van der Waals surface area (Å²) in [6, 6.07) is 0.661. The number of carbonyl (C=O) groups excluding carboxylic acids is 1. The molecule has 0 fully saturated rings. The summed E-state index contributed by atoms with van der Waals surface area (Å²) in [7, 11) is 1.99. The standard InChI is InChI=1S/C10H9F3N2O6/c1-19-7(16)4-5-3-6(21-10(11,12)13)9(20-2)14-8(5)15(17)18/h3H,4H2,1-2H3. The van der Waals surface area contributed by atoms with Crippen molar-refractivity contribution in [3.05, 3.63) is 21.7 Å². The van der Waals surface area contributed by atoms with Crippen molar-refractivity contribution in [3.8, 4) is 11.6 Å². The molecule has 21 heavy (non-hydrogen) atoms. The average Bonchev–Trinajstić information content (AvgIpc) is 2.36. The second-order valence-electron chi connectivity index (χ2n) is 3.54. The highest BCUT2D eigenvalue weighted by Gasteiger charge is 2.36. The number of rotatable bonds is 5. The van der Waals surface area contributed by atoms with E-state index in [0.29, 0.717) is 6.07 Å². The number of pyridine rings is 1. The van der Waals surface area contributed by atoms with Gasteiger partial charge in [-0.1, -0.05) is 0 Å². The predicted octanol–water partition coefficient (Wildman–Crippen LogP) is 1.61. The summed E-state index contributed by atoms with van der Waals surface area (Å²) < 4.78 is 49.2. The molecular weight excluding hydrogens is 301 g/mol. The van der Waals surface area contributed by atoms with Gasteiger partial charge in [-0.15, -0.1) is 13.2 Å². The maximum absolute atomic E-state index is 12.2. The monoisotopic (exact) mass is 310 g/mol. The molecule has 1 heterocycles. The Kier molecular flexibility index (Phi) is 4.89. The van der Waals surface area contributed by atoms with Crippen LogP contribution in [0.5, 0.6) is 11.6 Å². The summed E-state index contributed by atoms with van der Waals surface area (Å²) in [5, 5.41) is 10.8. The van der Waals surface area contributed by atoms with E-state index in [9.17, 15) is 28.1 Å². The van der Waals surface area contributed by atoms with E-state index in [1.165, 1.54) is 0 Å². The molecule has 0 atom stereocenters. The lowest BCUT2D eigenvalue weighted by atomic mass is 10.2. The van der Waals surface area contributed by atoms with E-state index in [-0.39, 0.29) is 0 Å². The predicted molar refractivity (Wildman–Crippen MR) is 59.8 cm³/mol. The summed E-state index contributed by atoms with van der Waals surface area (Å²) in [4.78, 5) is 24.3. The molecule has 11 heteroatoms. The Morgan fingerprint density at radius 2 is 2.05 bits per heavy atom. The van der Waals surface area contributed by atoms with Crippen LogP contribution in [0, 0.1) is 10.1 Å². The number of halogens is 3. The minimum absolute atomic E-state index is 0.396. The molecule has 0 saturated carbocycles. The Bertz CT molecular complexity index is 560. The van der Waals surface area contributed by atoms with E-state index in [2.05, 4.69) is 19.2 Å². The summed E-state index contributed by atoms with van der Waals surface area (Å²) in [6.07, 6.45) is -5.69. The third-order valence-electron chi connectivity index (χ3n) is 2.17. The van der Waals surface area contributed by atoms with Gasteiger partial charge in [-0.05, 0) is 4.92 Å². The molecule has 0 spiro atoms. The first-order chi connectivity index (χ1) is 9.67. The van der Waals surface area contributed by atoms with Crippen molar-refractivity contribution in [2.45, 2.75) is 12.8 Å². The molecule has 0 aliphatic carbocycles. The van der Waals surface area contributed by atoms with Gasteiger partial charge in [-0.2, -0.15) is 0 Å². The van der Waals surface area contributed by atoms with Gasteiger partial charge in [0.2, 0.25) is 5.75 Å². The van der Waals surface area contributed by atoms with Crippen LogP contribution in [0.25, 0.3) is 0 Å². The number of methoxy groups -OCH3 is 2. The first-order valence-electron chi connectivity index (χ1n) is 5.22. The largest absolute Gasteiger partial charge is 0.573 e. The average molecular weight is 310 g/mol. The lowest BCUT2D eigenvalue weighted by Crippen LogP contribution is -2.19. The van der Waals surface area contributed by atoms with Crippen LogP contribution in [0.15, 0.2) is 6.07 Å². The number of carbonyl (C=O) groups is 1. The van der Waals surface area contributed by atoms with Gasteiger partial charge >= 0.3 is 24.0 Å². The molecule has 0 radical (unpaired) electrons. The van der Waals surface area contributed by atoms with Crippen LogP contribution in [0.4, 0.5) is 19.0 Å². The normalized spacial score (nSPS) is 10.9. The van der Waals surface area contributed by atoms with Crippen molar-refractivity contribution in [1.82, 2.24) is 4.98 Å². The van der Waals surface area contributed by atoms with Crippen molar-refractivity contribution in [1.29, 1.82) is 0 Å². The van der Waals surface area contributed by atoms with Crippen LogP contribution in [0.2, 0.25) is 0 Å². The lowest BCUT2D eigenvalue weighted by Gasteiger charge is -2.11. The molecule has 116 valence electrons. The molecule has 8 nitrogen and oxygen atoms in total. The Morgan fingerprint density at radius 3 is 2.48 bits per heavy atom. The number of nitrogens with zero attached hydrogens (tertiary/aromatic N) is 2. The van der Waals surface area contributed by atoms with Gasteiger partial charge in [0.1, 0.15) is 0 Å². The zero-order chi connectivity index (χ0) is 16.2. The number of aromatic nitrogens is 1. The maximum atomic E-state index is 12.2. The molecule has 0 bridgehead atoms. The minimum Gasteiger partial charge on any atom is -0.469 e. The molecule has 1 aromatic heterocycles. The Labute approximate surface area is 115 Å². The number of nitro groups is 1. The summed E-state index contributed by atoms with van der Waals surface area (Å²) in [5.74, 6) is -3.34. The van der Waals surface area contributed by atoms with Crippen LogP contribution in [0.1, 0.15) is 5.56 Å². The zero-order valence-corrected chi connectivity index (χ0v) is 10.8. The van der Waals surface area contributed by atoms with Crippen LogP contribution >= 0.6 is 0 Å². The number of hydrogen-bond donors (Lipinski definition) is 0. The summed E-state index contributed by atoms with van der Waals surface area (Å²) in [5.41, 5.74) is -0.396. The van der Waals surface area contributed by atoms with E-state index >= 15 is 0 Å². The highest BCUT2D eigenvalue weighted by Crippen LogP contribution is 2.34. The number of ether oxygens (including phenoxy) is 3. The molecule has 1 rings (SSSR count). The van der Waals surface area contributed by atoms with Crippen LogP contribution in [-0.4, -0.2) is 36.5 Å². The van der Waals surface area contributed by atoms with E-state index < -0.39 is 46.7 Å². The first kappa shape index (κ1) is 16.5. The van der Waals surface area contributed by atoms with Gasteiger partial charge in [0.15, 0.2) is 0 Å². The molecule has 0 amide bonds. The Morgan fingerprint density at radius 1 is 1.43 bits per heavy atom. The highest BCUT2D eigenvalue weighted by molar-refractivity contribution is 5.74. The summed E-state index contributed by atoms with van der Waals surface area (Å²) in [6.45, 7) is 0. The molecule has 0 unspecified atom stereocenters. The van der Waals surface area contributed by atoms with E-state index in [4.69, 9.17) is 0 Å². The fourth-order valence-electron chi connectivity index (χ4n) is 1.37. The smallest absolute Gasteiger partial charge is 0.469 e. The van der Waals surface area contributed by atoms with E-state index in [1.807, 2.05) is 0 Å². The van der Waals surface area contributed by atoms with Crippen molar-refractivity contribution < 1.29 is 37.1 Å². The van der Waals surface area contributed by atoms with Gasteiger partial charge in [-0.3, -0.25) is 4.79 Å². The van der Waals surface area contributed by atoms with E-state index in [1.54, 1.807) is 0 Å². The molecule has 0 aliphatic rings. The molecular formula is C10H9F3N2O6. The number of alkyl halides is 3. The van der Waals surface area contributed by atoms with Gasteiger partial charge < -0.3 is 24.3 Å². The maximum Gasteiger partial charge on any atom is 0.573 e. The van der Waals surface area contributed by atoms with Crippen LogP contribution < -0.4 is 9.47 Å². The SMILES string of the molecule is COC(=O)Cc1cc(OC(F)(F)F)c(OC)nc1[N+](=O)[O-]. The first-order valence-corrected chi connectivity index (χ1v) is 5.22. The van der Waals surface area contributed by atoms with Gasteiger partial charge in [0, 0.05) is 11.1 Å². The van der Waals surface area contributed by atoms with Gasteiger partial charge in [0.25, 0.3) is 0 Å². The van der Waals surface area contributed by atoms with Gasteiger partial charge in [-0.25, -0.2) is 0 Å². The fourth-order valence-corrected chi connectivity index (χ4v) is 1.37. The Hall–Kier alpha value is -2.59. The summed E-state index contributed by atoms with van der Waals surface area (Å²) >= 11 is 0. The second kappa shape index (κ2) is 6.24. The van der Waals surface area contributed by atoms with Crippen LogP contribution in [-0.2, 0) is 16.0 Å². The fraction of sp³-hybridized carbons (Fsp3) is 0.400. The lowest BCUT2D eigenvalue weighted by molar-refractivity contribution is -0.390. The topological polar surface area (TPSA) is 101 Å². The van der Waals surface area contributed by atoms with Crippen molar-refractivity contribution in [2.75, 3.05) is 14.2 Å². The van der Waals surface area contributed by atoms with Crippen molar-refractivity contribution in [2.24, 2.45) is 0 Å². The van der Waals surface area contributed by atoms with Gasteiger partial charge in [0.05, 0.1) is 26.2 Å². The molecule has 0 aromatic carbocycles. The molecule has 0 aliphatic heterocycles. The third-order valence-corrected chi connectivity index (χ3v) is 2.17. The highest BCUT2D eigenvalue weighted by atomic mass is 19.4. The number of esters is 1. The molecule has 1 aromatic rings.